The molecule has 44 nitrogen and oxygen atoms in total. The molecule has 0 aliphatic carbocycles. The molecule has 0 saturated carbocycles. The summed E-state index contributed by atoms with van der Waals surface area (Å²) in [4.78, 5) is 0.486. The Labute approximate surface area is 569 Å². The fourth-order valence-corrected chi connectivity index (χ4v) is 14.7. The van der Waals surface area contributed by atoms with Crippen molar-refractivity contribution in [2.75, 3.05) is 5.73 Å². The minimum atomic E-state index is -5.88. The number of benzene rings is 9. The van der Waals surface area contributed by atoms with Gasteiger partial charge in [-0.05, 0) is 97.1 Å². The molecule has 0 radical (unpaired) electrons. The fourth-order valence-electron chi connectivity index (χ4n) is 8.96. The number of non-ortho nitro benzene ring substituents is 1. The van der Waals surface area contributed by atoms with E-state index in [2.05, 4.69) is 69.9 Å². The van der Waals surface area contributed by atoms with Gasteiger partial charge in [-0.2, -0.15) is 69.2 Å². The molecule has 0 fully saturated rings. The van der Waals surface area contributed by atoms with Crippen LogP contribution in [0.4, 0.5) is 68.2 Å². The molecule has 0 aromatic heterocycles. The number of nitrogen functional groups attached to an aromatic ring is 1. The molecule has 9 aromatic carbocycles. The molecule has 0 unspecified atom stereocenters. The lowest BCUT2D eigenvalue weighted by Crippen LogP contribution is -2.04. The lowest BCUT2D eigenvalue weighted by atomic mass is 10.0. The number of nitro groups is 1. The van der Waals surface area contributed by atoms with Gasteiger partial charge in [0.1, 0.15) is 74.9 Å². The molecule has 53 heteroatoms. The summed E-state index contributed by atoms with van der Waals surface area (Å²) in [5.74, 6) is -4.10. The highest BCUT2D eigenvalue weighted by molar-refractivity contribution is 7.95. The van der Waals surface area contributed by atoms with Crippen molar-refractivity contribution in [3.63, 3.8) is 0 Å². The van der Waals surface area contributed by atoms with Crippen LogP contribution in [-0.4, -0.2) is 122 Å². The van der Waals surface area contributed by atoms with Crippen LogP contribution in [-0.2, 0) is 89.6 Å². The summed E-state index contributed by atoms with van der Waals surface area (Å²) in [5.41, 5.74) is -3.18. The average molecular weight is 1580 g/mol. The lowest BCUT2D eigenvalue weighted by molar-refractivity contribution is -0.432. The number of rotatable bonds is 24. The molecule has 0 aliphatic rings. The highest BCUT2D eigenvalue weighted by Crippen LogP contribution is 2.52. The third kappa shape index (κ3) is 16.3. The molecule has 0 amide bonds. The summed E-state index contributed by atoms with van der Waals surface area (Å²) in [5, 5.41) is 103. The van der Waals surface area contributed by atoms with Crippen LogP contribution in [0.15, 0.2) is 204 Å². The summed E-state index contributed by atoms with van der Waals surface area (Å²) in [7, 11) is -38.7. The number of hydrogen-bond acceptors (Lipinski definition) is 38. The first-order chi connectivity index (χ1) is 46.9. The van der Waals surface area contributed by atoms with E-state index in [0.717, 1.165) is 30.3 Å². The molecule has 101 heavy (non-hydrogen) atoms. The van der Waals surface area contributed by atoms with Crippen molar-refractivity contribution in [3.8, 4) is 17.2 Å². The zero-order valence-corrected chi connectivity index (χ0v) is 55.4. The maximum Gasteiger partial charge on any atom is 0.297 e. The molecule has 0 aliphatic heterocycles. The van der Waals surface area contributed by atoms with E-state index in [4.69, 9.17) is 16.2 Å². The lowest BCUT2D eigenvalue weighted by Gasteiger charge is -2.15. The number of phenolic OH excluding ortho intramolecular Hbond substituents is 3. The predicted molar refractivity (Wildman–Crippen MR) is 338 cm³/mol. The monoisotopic (exact) mass is 1580 g/mol. The quantitative estimate of drug-likeness (QED) is 0.00508. The third-order valence-electron chi connectivity index (χ3n) is 13.1. The smallest absolute Gasteiger partial charge is 0.297 e. The Hall–Kier alpha value is -9.81. The molecule has 14 N–H and O–H groups in total. The van der Waals surface area contributed by atoms with E-state index in [1.165, 1.54) is 18.2 Å². The number of aromatic hydroxyl groups is 3. The van der Waals surface area contributed by atoms with Crippen LogP contribution in [0.1, 0.15) is 0 Å². The van der Waals surface area contributed by atoms with E-state index in [9.17, 15) is 116 Å². The van der Waals surface area contributed by atoms with Crippen molar-refractivity contribution in [1.82, 2.24) is 0 Å². The molecular weight excluding hydrogens is 1550 g/mol. The molecule has 9 rings (SSSR count). The van der Waals surface area contributed by atoms with Gasteiger partial charge in [-0.15, -0.1) is 49.6 Å². The molecule has 530 valence electrons. The normalized spacial score (nSPS) is 13.2. The van der Waals surface area contributed by atoms with Crippen molar-refractivity contribution < 1.29 is 140 Å². The number of nitro benzene ring substituents is 1. The fraction of sp³-hybridized carbons (Fsp3) is 0. The van der Waals surface area contributed by atoms with Crippen molar-refractivity contribution in [3.05, 3.63) is 119 Å². The Bertz CT molecular complexity index is 6050. The standard InChI is InChI=1S/C48H32N12O32S9/c49-40-32(18-35(96(71,72)73)27-15-34(94-92-90-67)41(46(63)39(27)40)57-53-29-10-4-21(60(64)65)14-36(29)97(74,75)76)56-54-30-11-7-23-25(47(30)100(83,84)85)16-38(99(80,81)82)43(45(23)62)59-55-31-12-8-24-26(48(31)101(86,87)88)17-37(98(77,78)79)42(44(24)61)58-52-28-9-3-20(13-33(28)93-91-89-66)51-50-19-1-5-22(6-2-19)95(68,69)70/h1-18,61-63,66-67H,49H2,(H,68,69,70)(H,71,72,73)(H,74,75,76)(H,77,78,79)(H,80,81,82)(H,83,84,85)(H,86,87,88). The first-order valence-corrected chi connectivity index (χ1v) is 37.0. The number of phenols is 3. The van der Waals surface area contributed by atoms with Gasteiger partial charge in [-0.3, -0.25) is 42.0 Å². The van der Waals surface area contributed by atoms with Crippen molar-refractivity contribution in [2.45, 2.75) is 44.1 Å². The van der Waals surface area contributed by atoms with Crippen LogP contribution in [0, 0.1) is 10.1 Å². The zero-order chi connectivity index (χ0) is 74.4. The largest absolute Gasteiger partial charge is 0.505 e. The SMILES string of the molecule is Nc1c(N=Nc2ccc3c(O)c(N=Nc4ccc5c(O)c(N=Nc6ccc(N=Nc7ccc(S(=O)(=O)O)cc7)cc6SOOO)c(S(=O)(=O)O)cc5c4S(=O)(=O)O)c(S(=O)(=O)O)cc3c2S(=O)(=O)O)cc(S(=O)(=O)O)c2cc(SOOO)c(N=Nc3ccc([N+](=O)[O-])cc3S(=O)(=O)O)c(O)c12. The minimum absolute atomic E-state index is 0.0179. The topological polar surface area (TPSA) is 711 Å². The van der Waals surface area contributed by atoms with Gasteiger partial charge in [0, 0.05) is 39.1 Å². The number of hydrogen-bond donors (Lipinski definition) is 13. The van der Waals surface area contributed by atoms with Crippen molar-refractivity contribution >= 4 is 195 Å². The predicted octanol–water partition coefficient (Wildman–Crippen LogP) is 11.4. The van der Waals surface area contributed by atoms with Gasteiger partial charge in [0.05, 0.1) is 66.1 Å². The van der Waals surface area contributed by atoms with E-state index in [0.29, 0.717) is 54.6 Å². The van der Waals surface area contributed by atoms with Gasteiger partial charge in [0.25, 0.3) is 76.5 Å². The number of fused-ring (bicyclic) bond motifs is 3. The Morgan fingerprint density at radius 3 is 1.28 bits per heavy atom. The second-order valence-corrected chi connectivity index (χ2v) is 30.5. The highest BCUT2D eigenvalue weighted by atomic mass is 32.2. The van der Waals surface area contributed by atoms with Gasteiger partial charge in [0.2, 0.25) is 0 Å². The third-order valence-corrected chi connectivity index (χ3v) is 20.7. The molecular formula is C48H32N12O32S9. The maximum absolute atomic E-state index is 13.3. The first-order valence-electron chi connectivity index (χ1n) is 25.4. The van der Waals surface area contributed by atoms with E-state index in [-0.39, 0.29) is 52.1 Å². The Balaban J connectivity index is 1.14. The molecule has 9 aromatic rings. The second-order valence-electron chi connectivity index (χ2n) is 19.3. The van der Waals surface area contributed by atoms with Crippen LogP contribution < -0.4 is 5.73 Å². The van der Waals surface area contributed by atoms with E-state index >= 15 is 0 Å². The van der Waals surface area contributed by atoms with Crippen LogP contribution in [0.2, 0.25) is 0 Å². The Kier molecular flexibility index (Phi) is 21.1. The van der Waals surface area contributed by atoms with Crippen LogP contribution in [0.5, 0.6) is 17.2 Å². The van der Waals surface area contributed by atoms with Gasteiger partial charge < -0.3 is 21.1 Å². The van der Waals surface area contributed by atoms with Crippen LogP contribution in [0.3, 0.4) is 0 Å². The zero-order valence-electron chi connectivity index (χ0n) is 48.1. The van der Waals surface area contributed by atoms with E-state index < -0.39 is 216 Å². The van der Waals surface area contributed by atoms with Gasteiger partial charge in [-0.25, -0.2) is 10.5 Å². The maximum atomic E-state index is 13.3. The molecule has 0 saturated heterocycles. The summed E-state index contributed by atoms with van der Waals surface area (Å²) in [6.07, 6.45) is 0. The van der Waals surface area contributed by atoms with Crippen LogP contribution in [0.25, 0.3) is 32.3 Å². The van der Waals surface area contributed by atoms with Gasteiger partial charge in [0.15, 0.2) is 17.2 Å². The Morgan fingerprint density at radius 1 is 0.376 bits per heavy atom. The number of anilines is 1. The van der Waals surface area contributed by atoms with Gasteiger partial charge >= 0.3 is 0 Å². The van der Waals surface area contributed by atoms with E-state index in [1.54, 1.807) is 0 Å². The van der Waals surface area contributed by atoms with E-state index in [1.807, 2.05) is 0 Å². The average Bonchev–Trinajstić information content (AvgIpc) is 0.750. The molecule has 0 spiro atoms. The number of azo groups is 5. The number of nitrogens with zero attached hydrogens (tertiary/aromatic N) is 11. The number of nitrogens with two attached hydrogens (primary N) is 1. The van der Waals surface area contributed by atoms with Gasteiger partial charge in [-0.1, -0.05) is 10.1 Å². The van der Waals surface area contributed by atoms with Crippen LogP contribution >= 0.6 is 24.1 Å². The molecule has 0 atom stereocenters. The minimum Gasteiger partial charge on any atom is -0.505 e. The molecule has 0 heterocycles. The summed E-state index contributed by atoms with van der Waals surface area (Å²) in [6.45, 7) is 0. The highest BCUT2D eigenvalue weighted by Gasteiger charge is 2.33. The second kappa shape index (κ2) is 28.3. The van der Waals surface area contributed by atoms with Crippen molar-refractivity contribution in [2.24, 2.45) is 51.1 Å². The first kappa shape index (κ1) is 75.4. The summed E-state index contributed by atoms with van der Waals surface area (Å²) in [6, 6.07) is 13.9. The Morgan fingerprint density at radius 2 is 0.802 bits per heavy atom. The van der Waals surface area contributed by atoms with Crippen molar-refractivity contribution in [1.29, 1.82) is 0 Å². The molecule has 0 bridgehead atoms. The summed E-state index contributed by atoms with van der Waals surface area (Å²) < 4.78 is 259. The summed E-state index contributed by atoms with van der Waals surface area (Å²) >= 11 is 0.150.